The molecule has 1 aliphatic heterocycles. The van der Waals surface area contributed by atoms with Crippen molar-refractivity contribution in [3.05, 3.63) is 125 Å². The van der Waals surface area contributed by atoms with Crippen molar-refractivity contribution in [3.8, 4) is 16.9 Å². The number of benzene rings is 4. The first-order valence-electron chi connectivity index (χ1n) is 13.0. The second kappa shape index (κ2) is 11.8. The molecule has 1 atom stereocenters. The van der Waals surface area contributed by atoms with Crippen LogP contribution in [0.4, 0.5) is 0 Å². The molecule has 0 saturated heterocycles. The third-order valence-corrected chi connectivity index (χ3v) is 7.00. The number of aliphatic carboxylic acids is 1. The van der Waals surface area contributed by atoms with Gasteiger partial charge in [0.15, 0.2) is 5.78 Å². The van der Waals surface area contributed by atoms with E-state index in [1.54, 1.807) is 36.4 Å². The Morgan fingerprint density at radius 1 is 0.725 bits per heavy atom. The Morgan fingerprint density at radius 3 is 1.85 bits per heavy atom. The average molecular weight is 534 g/mol. The van der Waals surface area contributed by atoms with Crippen LogP contribution in [0.3, 0.4) is 0 Å². The van der Waals surface area contributed by atoms with E-state index >= 15 is 0 Å². The minimum absolute atomic E-state index is 0.0106. The molecular weight excluding hydrogens is 506 g/mol. The summed E-state index contributed by atoms with van der Waals surface area (Å²) in [6.45, 7) is 0.410. The van der Waals surface area contributed by atoms with E-state index in [0.29, 0.717) is 23.3 Å². The minimum atomic E-state index is -1.14. The normalized spacial score (nSPS) is 13.2. The van der Waals surface area contributed by atoms with Gasteiger partial charge in [0, 0.05) is 18.5 Å². The van der Waals surface area contributed by atoms with Crippen LogP contribution in [-0.2, 0) is 11.4 Å². The number of ether oxygens (including phenoxy) is 1. The van der Waals surface area contributed by atoms with Crippen molar-refractivity contribution in [2.45, 2.75) is 19.4 Å². The molecule has 4 aromatic rings. The first-order valence-corrected chi connectivity index (χ1v) is 13.0. The van der Waals surface area contributed by atoms with Crippen molar-refractivity contribution in [1.29, 1.82) is 0 Å². The summed E-state index contributed by atoms with van der Waals surface area (Å²) in [7, 11) is 0. The topological polar surface area (TPSA) is 101 Å². The Hall–Kier alpha value is -5.04. The fourth-order valence-corrected chi connectivity index (χ4v) is 4.71. The lowest BCUT2D eigenvalue weighted by Crippen LogP contribution is -2.33. The number of fused-ring (bicyclic) bond motifs is 1. The summed E-state index contributed by atoms with van der Waals surface area (Å²) in [5.74, 6) is -2.62. The molecule has 2 amide bonds. The number of Topliss-reactive ketones (excluding diaryl/α,β-unsaturated/α-hetero) is 1. The molecule has 1 unspecified atom stereocenters. The molecule has 0 aliphatic carbocycles. The van der Waals surface area contributed by atoms with Crippen LogP contribution in [0.15, 0.2) is 103 Å². The lowest BCUT2D eigenvalue weighted by Gasteiger charge is -2.17. The summed E-state index contributed by atoms with van der Waals surface area (Å²) in [6, 6.07) is 31.1. The molecule has 200 valence electrons. The summed E-state index contributed by atoms with van der Waals surface area (Å²) in [4.78, 5) is 51.0. The van der Waals surface area contributed by atoms with Gasteiger partial charge in [-0.05, 0) is 47.4 Å². The maximum atomic E-state index is 12.9. The minimum Gasteiger partial charge on any atom is -0.489 e. The van der Waals surface area contributed by atoms with Crippen LogP contribution >= 0.6 is 0 Å². The van der Waals surface area contributed by atoms with Crippen molar-refractivity contribution >= 4 is 23.6 Å². The highest BCUT2D eigenvalue weighted by molar-refractivity contribution is 6.21. The SMILES string of the molecule is O=C(CC(CCN1C(=O)c2ccccc2C1=O)C(=O)O)c1ccc(-c2ccc(OCc3ccccc3)cc2)cc1. The second-order valence-corrected chi connectivity index (χ2v) is 9.63. The van der Waals surface area contributed by atoms with Crippen LogP contribution in [0.2, 0.25) is 0 Å². The maximum Gasteiger partial charge on any atom is 0.307 e. The molecule has 40 heavy (non-hydrogen) atoms. The first kappa shape index (κ1) is 26.6. The lowest BCUT2D eigenvalue weighted by atomic mass is 9.94. The van der Waals surface area contributed by atoms with Crippen molar-refractivity contribution < 1.29 is 29.0 Å². The molecule has 4 aromatic carbocycles. The van der Waals surface area contributed by atoms with Gasteiger partial charge in [0.05, 0.1) is 17.0 Å². The number of ketones is 1. The Labute approximate surface area is 231 Å². The van der Waals surface area contributed by atoms with Gasteiger partial charge in [-0.25, -0.2) is 0 Å². The third-order valence-electron chi connectivity index (χ3n) is 7.00. The summed E-state index contributed by atoms with van der Waals surface area (Å²) >= 11 is 0. The van der Waals surface area contributed by atoms with Gasteiger partial charge in [-0.3, -0.25) is 24.1 Å². The van der Waals surface area contributed by atoms with E-state index < -0.39 is 23.7 Å². The highest BCUT2D eigenvalue weighted by Gasteiger charge is 2.36. The van der Waals surface area contributed by atoms with E-state index in [1.807, 2.05) is 66.7 Å². The van der Waals surface area contributed by atoms with Gasteiger partial charge in [0.25, 0.3) is 11.8 Å². The van der Waals surface area contributed by atoms with E-state index in [9.17, 15) is 24.3 Å². The zero-order valence-electron chi connectivity index (χ0n) is 21.7. The van der Waals surface area contributed by atoms with Crippen LogP contribution in [0.1, 0.15) is 49.5 Å². The van der Waals surface area contributed by atoms with Crippen molar-refractivity contribution in [1.82, 2.24) is 4.90 Å². The molecular formula is C33H27NO6. The molecule has 0 spiro atoms. The summed E-state index contributed by atoms with van der Waals surface area (Å²) in [5, 5.41) is 9.72. The number of hydrogen-bond acceptors (Lipinski definition) is 5. The van der Waals surface area contributed by atoms with Gasteiger partial charge in [0.2, 0.25) is 0 Å². The van der Waals surface area contributed by atoms with Crippen molar-refractivity contribution in [3.63, 3.8) is 0 Å². The van der Waals surface area contributed by atoms with Gasteiger partial charge >= 0.3 is 5.97 Å². The Balaban J connectivity index is 1.17. The molecule has 0 radical (unpaired) electrons. The molecule has 1 aliphatic rings. The predicted molar refractivity (Wildman–Crippen MR) is 149 cm³/mol. The van der Waals surface area contributed by atoms with E-state index in [1.165, 1.54) is 0 Å². The van der Waals surface area contributed by atoms with Gasteiger partial charge in [-0.15, -0.1) is 0 Å². The molecule has 0 aromatic heterocycles. The van der Waals surface area contributed by atoms with Crippen LogP contribution in [-0.4, -0.2) is 40.1 Å². The number of carbonyl (C=O) groups is 4. The zero-order valence-corrected chi connectivity index (χ0v) is 21.7. The highest BCUT2D eigenvalue weighted by atomic mass is 16.5. The standard InChI is InChI=1S/C33H27NO6/c35-30(20-26(33(38)39)18-19-34-31(36)28-8-4-5-9-29(28)32(34)37)25-12-10-23(11-13-25)24-14-16-27(17-15-24)40-21-22-6-2-1-3-7-22/h1-17,26H,18-21H2,(H,38,39). The van der Waals surface area contributed by atoms with Crippen LogP contribution in [0.25, 0.3) is 11.1 Å². The quantitative estimate of drug-likeness (QED) is 0.191. The fourth-order valence-electron chi connectivity index (χ4n) is 4.71. The van der Waals surface area contributed by atoms with Crippen molar-refractivity contribution in [2.75, 3.05) is 6.54 Å². The molecule has 1 heterocycles. The Bertz CT molecular complexity index is 1510. The number of amides is 2. The molecule has 7 nitrogen and oxygen atoms in total. The molecule has 0 fully saturated rings. The van der Waals surface area contributed by atoms with E-state index in [0.717, 1.165) is 27.3 Å². The van der Waals surface area contributed by atoms with Crippen LogP contribution in [0.5, 0.6) is 5.75 Å². The van der Waals surface area contributed by atoms with E-state index in [2.05, 4.69) is 0 Å². The molecule has 0 saturated carbocycles. The highest BCUT2D eigenvalue weighted by Crippen LogP contribution is 2.26. The summed E-state index contributed by atoms with van der Waals surface area (Å²) in [6.07, 6.45) is -0.241. The fraction of sp³-hybridized carbons (Fsp3) is 0.152. The predicted octanol–water partition coefficient (Wildman–Crippen LogP) is 5.89. The number of imide groups is 1. The van der Waals surface area contributed by atoms with E-state index in [-0.39, 0.29) is 25.2 Å². The number of hydrogen-bond donors (Lipinski definition) is 1. The Kier molecular flexibility index (Phi) is 7.82. The second-order valence-electron chi connectivity index (χ2n) is 9.63. The monoisotopic (exact) mass is 533 g/mol. The smallest absolute Gasteiger partial charge is 0.307 e. The third kappa shape index (κ3) is 5.83. The number of carboxylic acid groups (broad SMARTS) is 1. The van der Waals surface area contributed by atoms with Crippen LogP contribution < -0.4 is 4.74 Å². The number of carbonyl (C=O) groups excluding carboxylic acids is 3. The maximum absolute atomic E-state index is 12.9. The van der Waals surface area contributed by atoms with E-state index in [4.69, 9.17) is 4.74 Å². The number of rotatable bonds is 11. The molecule has 5 rings (SSSR count). The lowest BCUT2D eigenvalue weighted by molar-refractivity contribution is -0.142. The van der Waals surface area contributed by atoms with Gasteiger partial charge in [0.1, 0.15) is 12.4 Å². The van der Waals surface area contributed by atoms with Gasteiger partial charge < -0.3 is 9.84 Å². The number of carboxylic acids is 1. The summed E-state index contributed by atoms with van der Waals surface area (Å²) in [5.41, 5.74) is 3.97. The largest absolute Gasteiger partial charge is 0.489 e. The average Bonchev–Trinajstić information content (AvgIpc) is 3.23. The Morgan fingerprint density at radius 2 is 1.27 bits per heavy atom. The zero-order chi connectivity index (χ0) is 28.1. The van der Waals surface area contributed by atoms with Gasteiger partial charge in [-0.2, -0.15) is 0 Å². The van der Waals surface area contributed by atoms with Crippen molar-refractivity contribution in [2.24, 2.45) is 5.92 Å². The molecule has 7 heteroatoms. The van der Waals surface area contributed by atoms with Gasteiger partial charge in [-0.1, -0.05) is 78.9 Å². The molecule has 0 bridgehead atoms. The molecule has 1 N–H and O–H groups in total. The first-order chi connectivity index (χ1) is 19.4. The number of nitrogens with zero attached hydrogens (tertiary/aromatic N) is 1. The van der Waals surface area contributed by atoms with Crippen LogP contribution in [0, 0.1) is 5.92 Å². The summed E-state index contributed by atoms with van der Waals surface area (Å²) < 4.78 is 5.84.